The number of Topliss-reactive ketones (excluding diaryl/α,β-unsaturated/α-hetero) is 1. The number of unbranched alkanes of at least 4 members (excludes halogenated alkanes) is 13. The lowest BCUT2D eigenvalue weighted by atomic mass is 9.96. The number of ketones is 1. The molecule has 0 unspecified atom stereocenters. The van der Waals surface area contributed by atoms with Gasteiger partial charge >= 0.3 is 0 Å². The number of benzene rings is 1. The molecule has 0 aromatic heterocycles. The normalized spacial score (nSPS) is 12.2. The van der Waals surface area contributed by atoms with E-state index in [1.165, 1.54) is 83.5 Å². The van der Waals surface area contributed by atoms with E-state index in [9.17, 15) is 4.79 Å². The number of rotatable bonds is 21. The van der Waals surface area contributed by atoms with Crippen molar-refractivity contribution >= 4 is 21.7 Å². The fraction of sp³-hybridized carbons (Fsp3) is 0.741. The summed E-state index contributed by atoms with van der Waals surface area (Å²) >= 11 is 3.47. The summed E-state index contributed by atoms with van der Waals surface area (Å²) < 4.78 is 5.86. The Bertz CT molecular complexity index is 503. The van der Waals surface area contributed by atoms with Crippen LogP contribution in [0.25, 0.3) is 0 Å². The van der Waals surface area contributed by atoms with Crippen LogP contribution in [0.1, 0.15) is 114 Å². The van der Waals surface area contributed by atoms with Gasteiger partial charge in [-0.05, 0) is 12.8 Å². The molecule has 0 saturated heterocycles. The Kier molecular flexibility index (Phi) is 18.5. The molecule has 0 N–H and O–H groups in total. The van der Waals surface area contributed by atoms with Crippen LogP contribution in [0.15, 0.2) is 30.3 Å². The minimum absolute atomic E-state index is 0.0431. The third-order valence-corrected chi connectivity index (χ3v) is 6.31. The Labute approximate surface area is 194 Å². The Morgan fingerprint density at radius 2 is 1.30 bits per heavy atom. The van der Waals surface area contributed by atoms with Crippen LogP contribution in [0, 0.1) is 5.92 Å². The summed E-state index contributed by atoms with van der Waals surface area (Å²) in [5.41, 5.74) is 0.795. The van der Waals surface area contributed by atoms with Crippen molar-refractivity contribution in [3.05, 3.63) is 35.9 Å². The lowest BCUT2D eigenvalue weighted by Crippen LogP contribution is -2.21. The summed E-state index contributed by atoms with van der Waals surface area (Å²) in [5, 5.41) is 0.832. The second-order valence-corrected chi connectivity index (χ2v) is 9.37. The molecule has 0 aliphatic heterocycles. The van der Waals surface area contributed by atoms with Gasteiger partial charge in [0.1, 0.15) is 0 Å². The van der Waals surface area contributed by atoms with Gasteiger partial charge in [-0.1, -0.05) is 137 Å². The Balaban J connectivity index is 1.94. The van der Waals surface area contributed by atoms with Crippen molar-refractivity contribution in [1.82, 2.24) is 0 Å². The van der Waals surface area contributed by atoms with E-state index >= 15 is 0 Å². The molecule has 0 amide bonds. The zero-order valence-electron chi connectivity index (χ0n) is 19.4. The van der Waals surface area contributed by atoms with Crippen molar-refractivity contribution in [3.63, 3.8) is 0 Å². The molecule has 0 aliphatic rings. The first-order valence-electron chi connectivity index (χ1n) is 12.5. The Morgan fingerprint density at radius 3 is 1.80 bits per heavy atom. The number of carbonyl (C=O) groups is 1. The van der Waals surface area contributed by atoms with E-state index in [1.807, 2.05) is 30.3 Å². The number of alkyl halides is 1. The first-order chi connectivity index (χ1) is 14.8. The largest absolute Gasteiger partial charge is 0.381 e. The molecule has 3 heteroatoms. The summed E-state index contributed by atoms with van der Waals surface area (Å²) in [4.78, 5) is 12.6. The van der Waals surface area contributed by atoms with Crippen molar-refractivity contribution in [2.45, 2.75) is 103 Å². The highest BCUT2D eigenvalue weighted by Crippen LogP contribution is 2.16. The minimum atomic E-state index is -0.0431. The maximum Gasteiger partial charge on any atom is 0.168 e. The van der Waals surface area contributed by atoms with Crippen molar-refractivity contribution in [3.8, 4) is 0 Å². The van der Waals surface area contributed by atoms with Crippen LogP contribution in [0.4, 0.5) is 0 Å². The van der Waals surface area contributed by atoms with Gasteiger partial charge in [-0.2, -0.15) is 0 Å². The molecule has 0 fully saturated rings. The number of hydrogen-bond donors (Lipinski definition) is 0. The van der Waals surface area contributed by atoms with Crippen LogP contribution < -0.4 is 0 Å². The van der Waals surface area contributed by atoms with Crippen molar-refractivity contribution in [2.24, 2.45) is 5.92 Å². The van der Waals surface area contributed by atoms with Crippen molar-refractivity contribution in [2.75, 3.05) is 18.5 Å². The fourth-order valence-corrected chi connectivity index (χ4v) is 4.44. The average Bonchev–Trinajstić information content (AvgIpc) is 2.78. The van der Waals surface area contributed by atoms with Gasteiger partial charge < -0.3 is 4.74 Å². The van der Waals surface area contributed by atoms with Crippen molar-refractivity contribution < 1.29 is 9.53 Å². The van der Waals surface area contributed by atoms with Crippen LogP contribution in [0.5, 0.6) is 0 Å². The van der Waals surface area contributed by atoms with Crippen LogP contribution in [0.2, 0.25) is 0 Å². The highest BCUT2D eigenvalue weighted by atomic mass is 79.9. The molecule has 0 spiro atoms. The summed E-state index contributed by atoms with van der Waals surface area (Å²) in [7, 11) is 0. The molecule has 0 heterocycles. The number of halogens is 1. The zero-order chi connectivity index (χ0) is 21.7. The maximum absolute atomic E-state index is 12.6. The molecule has 0 bridgehead atoms. The third kappa shape index (κ3) is 14.4. The molecular weight excluding hydrogens is 436 g/mol. The summed E-state index contributed by atoms with van der Waals surface area (Å²) in [6, 6.07) is 9.60. The zero-order valence-corrected chi connectivity index (χ0v) is 21.0. The second kappa shape index (κ2) is 20.2. The molecule has 1 aromatic carbocycles. The van der Waals surface area contributed by atoms with E-state index in [1.54, 1.807) is 0 Å². The molecule has 172 valence electrons. The summed E-state index contributed by atoms with van der Waals surface area (Å²) in [6.07, 6.45) is 20.0. The molecule has 2 nitrogen and oxygen atoms in total. The molecule has 30 heavy (non-hydrogen) atoms. The average molecular weight is 482 g/mol. The number of hydrogen-bond acceptors (Lipinski definition) is 2. The van der Waals surface area contributed by atoms with Gasteiger partial charge in [0.25, 0.3) is 0 Å². The standard InChI is InChI=1S/C27H45BrO2/c1-2-3-4-5-6-7-8-9-10-11-12-13-14-18-23-30-24-26(21-22-28)27(29)25-19-16-15-17-20-25/h15-17,19-20,26H,2-14,18,21-24H2,1H3/t26-/m1/s1. The van der Waals surface area contributed by atoms with Gasteiger partial charge in [0.2, 0.25) is 0 Å². The Hall–Kier alpha value is -0.670. The molecule has 0 aliphatic carbocycles. The van der Waals surface area contributed by atoms with Gasteiger partial charge in [0.15, 0.2) is 5.78 Å². The molecule has 0 saturated carbocycles. The smallest absolute Gasteiger partial charge is 0.168 e. The van der Waals surface area contributed by atoms with Crippen molar-refractivity contribution in [1.29, 1.82) is 0 Å². The van der Waals surface area contributed by atoms with Crippen LogP contribution in [-0.4, -0.2) is 24.3 Å². The van der Waals surface area contributed by atoms with Gasteiger partial charge in [-0.3, -0.25) is 4.79 Å². The van der Waals surface area contributed by atoms with E-state index in [0.717, 1.165) is 30.3 Å². The van der Waals surface area contributed by atoms with E-state index in [-0.39, 0.29) is 11.7 Å². The molecule has 1 aromatic rings. The second-order valence-electron chi connectivity index (χ2n) is 8.58. The lowest BCUT2D eigenvalue weighted by molar-refractivity contribution is 0.0687. The highest BCUT2D eigenvalue weighted by molar-refractivity contribution is 9.09. The molecule has 1 atom stereocenters. The lowest BCUT2D eigenvalue weighted by Gasteiger charge is -2.15. The van der Waals surface area contributed by atoms with Crippen LogP contribution >= 0.6 is 15.9 Å². The third-order valence-electron chi connectivity index (χ3n) is 5.85. The maximum atomic E-state index is 12.6. The number of ether oxygens (including phenoxy) is 1. The molecule has 1 rings (SSSR count). The first-order valence-corrected chi connectivity index (χ1v) is 13.6. The fourth-order valence-electron chi connectivity index (χ4n) is 3.88. The predicted molar refractivity (Wildman–Crippen MR) is 134 cm³/mol. The van der Waals surface area contributed by atoms with Crippen LogP contribution in [0.3, 0.4) is 0 Å². The molecule has 0 radical (unpaired) electrons. The number of carbonyl (C=O) groups excluding carboxylic acids is 1. The first kappa shape index (κ1) is 27.4. The van der Waals surface area contributed by atoms with E-state index < -0.39 is 0 Å². The van der Waals surface area contributed by atoms with Crippen LogP contribution in [-0.2, 0) is 4.74 Å². The van der Waals surface area contributed by atoms with E-state index in [2.05, 4.69) is 22.9 Å². The highest BCUT2D eigenvalue weighted by Gasteiger charge is 2.19. The topological polar surface area (TPSA) is 26.3 Å². The predicted octanol–water partition coefficient (Wildman–Crippen LogP) is 8.77. The molecular formula is C27H45BrO2. The van der Waals surface area contributed by atoms with E-state index in [4.69, 9.17) is 4.74 Å². The minimum Gasteiger partial charge on any atom is -0.381 e. The quantitative estimate of drug-likeness (QED) is 0.0996. The SMILES string of the molecule is CCCCCCCCCCCCCCCCOC[C@@H](CCBr)C(=O)c1ccccc1. The van der Waals surface area contributed by atoms with Gasteiger partial charge in [0.05, 0.1) is 6.61 Å². The Morgan fingerprint density at radius 1 is 0.800 bits per heavy atom. The van der Waals surface area contributed by atoms with Gasteiger partial charge in [0, 0.05) is 23.4 Å². The summed E-state index contributed by atoms with van der Waals surface area (Å²) in [6.45, 7) is 3.60. The van der Waals surface area contributed by atoms with E-state index in [0.29, 0.717) is 6.61 Å². The summed E-state index contributed by atoms with van der Waals surface area (Å²) in [5.74, 6) is 0.162. The van der Waals surface area contributed by atoms with Gasteiger partial charge in [-0.15, -0.1) is 0 Å². The van der Waals surface area contributed by atoms with Gasteiger partial charge in [-0.25, -0.2) is 0 Å². The monoisotopic (exact) mass is 480 g/mol.